The number of hydrogen-bond acceptors (Lipinski definition) is 6. The predicted molar refractivity (Wildman–Crippen MR) is 122 cm³/mol. The van der Waals surface area contributed by atoms with E-state index >= 15 is 0 Å². The molecule has 170 valence electrons. The van der Waals surface area contributed by atoms with Crippen LogP contribution in [0.25, 0.3) is 6.08 Å². The Bertz CT molecular complexity index is 1220. The third kappa shape index (κ3) is 4.01. The van der Waals surface area contributed by atoms with E-state index in [1.165, 1.54) is 4.90 Å². The van der Waals surface area contributed by atoms with E-state index in [2.05, 4.69) is 4.98 Å². The highest BCUT2D eigenvalue weighted by molar-refractivity contribution is 6.02. The minimum absolute atomic E-state index is 0.119. The number of likely N-dealkylation sites (tertiary alicyclic amines) is 1. The van der Waals surface area contributed by atoms with Crippen molar-refractivity contribution in [2.45, 2.75) is 12.2 Å². The molecule has 3 amide bonds. The van der Waals surface area contributed by atoms with Gasteiger partial charge in [0, 0.05) is 12.4 Å². The van der Waals surface area contributed by atoms with Gasteiger partial charge >= 0.3 is 12.2 Å². The van der Waals surface area contributed by atoms with E-state index in [1.807, 2.05) is 36.4 Å². The van der Waals surface area contributed by atoms with Crippen molar-refractivity contribution in [2.75, 3.05) is 6.61 Å². The minimum atomic E-state index is -0.892. The van der Waals surface area contributed by atoms with Crippen LogP contribution in [0.3, 0.4) is 0 Å². The number of cyclic esters (lactones) is 1. The van der Waals surface area contributed by atoms with E-state index in [9.17, 15) is 14.4 Å². The highest BCUT2D eigenvalue weighted by Crippen LogP contribution is 2.40. The van der Waals surface area contributed by atoms with Crippen LogP contribution >= 0.6 is 0 Å². The molecule has 1 aromatic heterocycles. The molecule has 2 saturated heterocycles. The zero-order valence-corrected chi connectivity index (χ0v) is 18.1. The van der Waals surface area contributed by atoms with Gasteiger partial charge in [-0.2, -0.15) is 0 Å². The number of imide groups is 1. The number of carbonyl (C=O) groups is 3. The van der Waals surface area contributed by atoms with Gasteiger partial charge in [0.05, 0.1) is 12.0 Å². The Morgan fingerprint density at radius 3 is 2.44 bits per heavy atom. The van der Waals surface area contributed by atoms with Crippen molar-refractivity contribution < 1.29 is 23.9 Å². The number of rotatable bonds is 5. The van der Waals surface area contributed by atoms with E-state index in [0.29, 0.717) is 5.75 Å². The van der Waals surface area contributed by atoms with Crippen LogP contribution in [0.5, 0.6) is 5.75 Å². The molecular formula is C26H21N3O5. The Labute approximate surface area is 196 Å². The number of hydrogen-bond donors (Lipinski definition) is 0. The summed E-state index contributed by atoms with van der Waals surface area (Å²) in [6, 6.07) is 21.0. The van der Waals surface area contributed by atoms with Crippen molar-refractivity contribution in [1.29, 1.82) is 0 Å². The lowest BCUT2D eigenvalue weighted by Gasteiger charge is -2.48. The maximum Gasteiger partial charge on any atom is 0.423 e. The number of carbonyl (C=O) groups excluding carboxylic acids is 3. The normalized spacial score (nSPS) is 21.9. The van der Waals surface area contributed by atoms with Gasteiger partial charge in [-0.15, -0.1) is 0 Å². The third-order valence-corrected chi connectivity index (χ3v) is 5.81. The lowest BCUT2D eigenvalue weighted by atomic mass is 9.90. The van der Waals surface area contributed by atoms with Crippen molar-refractivity contribution in [1.82, 2.24) is 14.8 Å². The highest BCUT2D eigenvalue weighted by Gasteiger charge is 2.58. The Hall–Kier alpha value is -4.46. The van der Waals surface area contributed by atoms with Crippen LogP contribution in [-0.2, 0) is 9.53 Å². The van der Waals surface area contributed by atoms with Crippen molar-refractivity contribution >= 4 is 24.2 Å². The molecule has 8 nitrogen and oxygen atoms in total. The first-order valence-electron chi connectivity index (χ1n) is 10.8. The summed E-state index contributed by atoms with van der Waals surface area (Å²) < 4.78 is 10.8. The summed E-state index contributed by atoms with van der Waals surface area (Å²) in [7, 11) is 0. The van der Waals surface area contributed by atoms with Crippen molar-refractivity contribution in [3.05, 3.63) is 102 Å². The number of ether oxygens (including phenoxy) is 2. The fourth-order valence-corrected chi connectivity index (χ4v) is 4.16. The van der Waals surface area contributed by atoms with Gasteiger partial charge in [-0.3, -0.25) is 14.7 Å². The predicted octanol–water partition coefficient (Wildman–Crippen LogP) is 4.27. The molecule has 34 heavy (non-hydrogen) atoms. The molecule has 3 aromatic rings. The van der Waals surface area contributed by atoms with Crippen LogP contribution in [-0.4, -0.2) is 45.7 Å². The first-order valence-corrected chi connectivity index (χ1v) is 10.8. The summed E-state index contributed by atoms with van der Waals surface area (Å²) in [5.74, 6) is -0.907. The van der Waals surface area contributed by atoms with Crippen LogP contribution in [0.4, 0.5) is 9.59 Å². The van der Waals surface area contributed by atoms with Gasteiger partial charge in [0.25, 0.3) is 0 Å². The summed E-state index contributed by atoms with van der Waals surface area (Å²) in [5, 5.41) is 0. The maximum atomic E-state index is 13.1. The molecule has 0 unspecified atom stereocenters. The SMILES string of the molecule is O=C(Oc1ccccc1)N1C(=O)[C@H](C=Cc2cccnc2)[C@@H]1N1C(=O)OC[C@@H]1c1ccccc1. The second kappa shape index (κ2) is 9.19. The molecule has 5 rings (SSSR count). The highest BCUT2D eigenvalue weighted by atomic mass is 16.6. The lowest BCUT2D eigenvalue weighted by molar-refractivity contribution is -0.157. The summed E-state index contributed by atoms with van der Waals surface area (Å²) in [5.41, 5.74) is 1.64. The van der Waals surface area contributed by atoms with E-state index in [-0.39, 0.29) is 6.61 Å². The minimum Gasteiger partial charge on any atom is -0.447 e. The largest absolute Gasteiger partial charge is 0.447 e. The Kier molecular flexibility index (Phi) is 5.78. The lowest BCUT2D eigenvalue weighted by Crippen LogP contribution is -2.69. The van der Waals surface area contributed by atoms with Gasteiger partial charge in [-0.25, -0.2) is 14.5 Å². The fraction of sp³-hybridized carbons (Fsp3) is 0.154. The smallest absolute Gasteiger partial charge is 0.423 e. The molecule has 2 aliphatic rings. The molecule has 3 atom stereocenters. The van der Waals surface area contributed by atoms with Gasteiger partial charge in [0.15, 0.2) is 0 Å². The van der Waals surface area contributed by atoms with Crippen molar-refractivity contribution in [3.8, 4) is 5.75 Å². The first kappa shape index (κ1) is 21.4. The molecule has 8 heteroatoms. The van der Waals surface area contributed by atoms with Crippen LogP contribution in [0, 0.1) is 5.92 Å². The molecule has 2 aliphatic heterocycles. The molecule has 0 N–H and O–H groups in total. The van der Waals surface area contributed by atoms with E-state index < -0.39 is 36.2 Å². The average molecular weight is 455 g/mol. The quantitative estimate of drug-likeness (QED) is 0.534. The van der Waals surface area contributed by atoms with E-state index in [0.717, 1.165) is 16.0 Å². The Morgan fingerprint density at radius 1 is 1.00 bits per heavy atom. The molecule has 0 saturated carbocycles. The number of amides is 3. The molecule has 0 spiro atoms. The van der Waals surface area contributed by atoms with Crippen LogP contribution in [0.15, 0.2) is 91.3 Å². The third-order valence-electron chi connectivity index (χ3n) is 5.81. The van der Waals surface area contributed by atoms with Gasteiger partial charge in [-0.1, -0.05) is 66.7 Å². The molecule has 0 radical (unpaired) electrons. The van der Waals surface area contributed by atoms with Gasteiger partial charge in [-0.05, 0) is 29.3 Å². The van der Waals surface area contributed by atoms with Crippen LogP contribution in [0.1, 0.15) is 17.2 Å². The number of pyridine rings is 1. The molecule has 0 aliphatic carbocycles. The van der Waals surface area contributed by atoms with E-state index in [4.69, 9.17) is 9.47 Å². The Morgan fingerprint density at radius 2 is 1.74 bits per heavy atom. The molecule has 3 heterocycles. The molecule has 2 fully saturated rings. The summed E-state index contributed by atoms with van der Waals surface area (Å²) >= 11 is 0. The summed E-state index contributed by atoms with van der Waals surface area (Å²) in [6.45, 7) is 0.119. The van der Waals surface area contributed by atoms with Crippen LogP contribution < -0.4 is 4.74 Å². The second-order valence-electron chi connectivity index (χ2n) is 7.88. The fourth-order valence-electron chi connectivity index (χ4n) is 4.16. The standard InChI is InChI=1S/C26H21N3O5/c30-24-21(14-13-18-8-7-15-27-16-18)23(29(24)26(32)34-20-11-5-2-6-12-20)28-22(17-33-25(28)31)19-9-3-1-4-10-19/h1-16,21-23H,17H2/t21-,22-,23-/m1/s1. The summed E-state index contributed by atoms with van der Waals surface area (Å²) in [6.07, 6.45) is 4.41. The number of benzene rings is 2. The number of aromatic nitrogens is 1. The number of nitrogens with zero attached hydrogens (tertiary/aromatic N) is 3. The maximum absolute atomic E-state index is 13.1. The second-order valence-corrected chi connectivity index (χ2v) is 7.88. The zero-order chi connectivity index (χ0) is 23.5. The first-order chi connectivity index (χ1) is 16.6. The number of para-hydroxylation sites is 1. The summed E-state index contributed by atoms with van der Waals surface area (Å²) in [4.78, 5) is 45.4. The van der Waals surface area contributed by atoms with Gasteiger partial charge < -0.3 is 9.47 Å². The van der Waals surface area contributed by atoms with Gasteiger partial charge in [0.1, 0.15) is 18.5 Å². The zero-order valence-electron chi connectivity index (χ0n) is 18.1. The topological polar surface area (TPSA) is 89.0 Å². The van der Waals surface area contributed by atoms with Crippen molar-refractivity contribution in [3.63, 3.8) is 0 Å². The van der Waals surface area contributed by atoms with Crippen molar-refractivity contribution in [2.24, 2.45) is 5.92 Å². The molecular weight excluding hydrogens is 434 g/mol. The average Bonchev–Trinajstić information content (AvgIpc) is 3.24. The van der Waals surface area contributed by atoms with Gasteiger partial charge in [0.2, 0.25) is 5.91 Å². The Balaban J connectivity index is 1.47. The van der Waals surface area contributed by atoms with Crippen LogP contribution in [0.2, 0.25) is 0 Å². The monoisotopic (exact) mass is 455 g/mol. The number of β-lactam (4-membered cyclic amide) rings is 1. The van der Waals surface area contributed by atoms with E-state index in [1.54, 1.807) is 60.9 Å². The molecule has 0 bridgehead atoms. The molecule has 2 aromatic carbocycles.